The van der Waals surface area contributed by atoms with Gasteiger partial charge in [-0.15, -0.1) is 0 Å². The fourth-order valence-electron chi connectivity index (χ4n) is 4.81. The van der Waals surface area contributed by atoms with E-state index in [0.717, 1.165) is 23.4 Å². The number of halogens is 2. The summed E-state index contributed by atoms with van der Waals surface area (Å²) in [6.07, 6.45) is 3.74. The maximum absolute atomic E-state index is 14.2. The topological polar surface area (TPSA) is 113 Å². The van der Waals surface area contributed by atoms with Crippen molar-refractivity contribution in [2.24, 2.45) is 0 Å². The van der Waals surface area contributed by atoms with Crippen molar-refractivity contribution in [3.8, 4) is 22.6 Å². The zero-order valence-corrected chi connectivity index (χ0v) is 23.4. The molecule has 0 aliphatic carbocycles. The molecule has 0 unspecified atom stereocenters. The molecule has 3 aromatic carbocycles. The summed E-state index contributed by atoms with van der Waals surface area (Å²) >= 11 is 0. The molecule has 3 aromatic heterocycles. The number of likely N-dealkylation sites (N-methyl/N-ethyl adjacent to an activating group) is 1. The Hall–Kier alpha value is -5.97. The lowest BCUT2D eigenvalue weighted by Gasteiger charge is -2.11. The molecule has 0 saturated carbocycles. The molecule has 0 aliphatic rings. The van der Waals surface area contributed by atoms with E-state index >= 15 is 0 Å². The van der Waals surface area contributed by atoms with Crippen LogP contribution in [-0.4, -0.2) is 38.2 Å². The summed E-state index contributed by atoms with van der Waals surface area (Å²) in [6.45, 7) is 0. The second-order valence-electron chi connectivity index (χ2n) is 9.81. The number of rotatable bonds is 8. The Morgan fingerprint density at radius 1 is 0.841 bits per heavy atom. The molecule has 3 heterocycles. The van der Waals surface area contributed by atoms with Gasteiger partial charge >= 0.3 is 0 Å². The fraction of sp³-hybridized carbons (Fsp3) is 0.0606. The van der Waals surface area contributed by atoms with Crippen LogP contribution >= 0.6 is 0 Å². The molecule has 0 atom stereocenters. The number of hydrogen-bond acceptors (Lipinski definition) is 6. The third kappa shape index (κ3) is 5.84. The van der Waals surface area contributed by atoms with Crippen LogP contribution in [0.25, 0.3) is 28.3 Å². The second kappa shape index (κ2) is 12.1. The van der Waals surface area contributed by atoms with E-state index in [4.69, 9.17) is 9.97 Å². The zero-order chi connectivity index (χ0) is 30.6. The Labute approximate surface area is 250 Å². The van der Waals surface area contributed by atoms with E-state index in [2.05, 4.69) is 20.9 Å². The highest BCUT2D eigenvalue weighted by atomic mass is 19.1. The molecule has 3 N–H and O–H groups in total. The van der Waals surface area contributed by atoms with Gasteiger partial charge in [-0.05, 0) is 60.2 Å². The number of nitrogens with one attached hydrogen (secondary N) is 3. The summed E-state index contributed by atoms with van der Waals surface area (Å²) in [5, 5.41) is 8.41. The number of fused-ring (bicyclic) bond motifs is 1. The molecule has 6 aromatic rings. The molecule has 44 heavy (non-hydrogen) atoms. The first-order valence-electron chi connectivity index (χ1n) is 13.6. The molecule has 0 spiro atoms. The minimum atomic E-state index is -0.951. The number of hydrogen-bond donors (Lipinski definition) is 3. The van der Waals surface area contributed by atoms with Crippen molar-refractivity contribution in [2.75, 3.05) is 17.7 Å². The molecule has 2 amide bonds. The van der Waals surface area contributed by atoms with Crippen LogP contribution in [0.5, 0.6) is 0 Å². The van der Waals surface area contributed by atoms with E-state index in [1.165, 1.54) is 6.07 Å². The second-order valence-corrected chi connectivity index (χ2v) is 9.81. The number of aromatic nitrogens is 4. The van der Waals surface area contributed by atoms with Gasteiger partial charge < -0.3 is 16.0 Å². The van der Waals surface area contributed by atoms with Crippen molar-refractivity contribution < 1.29 is 18.4 Å². The van der Waals surface area contributed by atoms with Crippen LogP contribution in [-0.2, 0) is 11.2 Å². The molecule has 0 aliphatic heterocycles. The van der Waals surface area contributed by atoms with Crippen molar-refractivity contribution in [1.29, 1.82) is 0 Å². The van der Waals surface area contributed by atoms with E-state index in [9.17, 15) is 18.4 Å². The molecular formula is C33H25F2N7O2. The highest BCUT2D eigenvalue weighted by molar-refractivity contribution is 6.05. The van der Waals surface area contributed by atoms with Crippen LogP contribution in [0.2, 0.25) is 0 Å². The summed E-state index contributed by atoms with van der Waals surface area (Å²) in [4.78, 5) is 38.6. The normalized spacial score (nSPS) is 10.9. The number of carbonyl (C=O) groups is 2. The van der Waals surface area contributed by atoms with Crippen molar-refractivity contribution in [2.45, 2.75) is 6.42 Å². The number of carbonyl (C=O) groups excluding carboxylic acids is 2. The number of imidazole rings is 1. The highest BCUT2D eigenvalue weighted by Gasteiger charge is 2.20. The average Bonchev–Trinajstić information content (AvgIpc) is 3.41. The van der Waals surface area contributed by atoms with Gasteiger partial charge in [-0.3, -0.25) is 14.0 Å². The smallest absolute Gasteiger partial charge is 0.261 e. The SMILES string of the molecule is CNC(=O)Cc1cccc(Nc2nccc(-c3c(-c4cccc(NC(=O)c5c(F)cccc5F)c4)nc4ccccn34)n2)c1. The summed E-state index contributed by atoms with van der Waals surface area (Å²) in [5.41, 5.74) is 4.34. The lowest BCUT2D eigenvalue weighted by Crippen LogP contribution is -2.19. The fourth-order valence-corrected chi connectivity index (χ4v) is 4.81. The first-order valence-corrected chi connectivity index (χ1v) is 13.6. The maximum atomic E-state index is 14.2. The summed E-state index contributed by atoms with van der Waals surface area (Å²) in [5.74, 6) is -2.56. The Balaban J connectivity index is 1.35. The number of anilines is 3. The lowest BCUT2D eigenvalue weighted by atomic mass is 10.1. The highest BCUT2D eigenvalue weighted by Crippen LogP contribution is 2.33. The monoisotopic (exact) mass is 589 g/mol. The van der Waals surface area contributed by atoms with Crippen LogP contribution in [0, 0.1) is 11.6 Å². The molecule has 9 nitrogen and oxygen atoms in total. The van der Waals surface area contributed by atoms with Crippen molar-refractivity contribution in [3.63, 3.8) is 0 Å². The minimum Gasteiger partial charge on any atom is -0.359 e. The molecule has 0 bridgehead atoms. The number of amides is 2. The van der Waals surface area contributed by atoms with E-state index in [1.807, 2.05) is 59.1 Å². The van der Waals surface area contributed by atoms with Gasteiger partial charge in [0.05, 0.1) is 23.5 Å². The Kier molecular flexibility index (Phi) is 7.75. The van der Waals surface area contributed by atoms with Gasteiger partial charge in [0, 0.05) is 36.4 Å². The van der Waals surface area contributed by atoms with Gasteiger partial charge in [-0.2, -0.15) is 0 Å². The van der Waals surface area contributed by atoms with Gasteiger partial charge in [0.2, 0.25) is 11.9 Å². The average molecular weight is 590 g/mol. The van der Waals surface area contributed by atoms with Crippen LogP contribution < -0.4 is 16.0 Å². The van der Waals surface area contributed by atoms with Crippen LogP contribution in [0.3, 0.4) is 0 Å². The molecular weight excluding hydrogens is 564 g/mol. The number of nitrogens with zero attached hydrogens (tertiary/aromatic N) is 4. The first kappa shape index (κ1) is 28.2. The third-order valence-corrected chi connectivity index (χ3v) is 6.84. The predicted molar refractivity (Wildman–Crippen MR) is 163 cm³/mol. The quantitative estimate of drug-likeness (QED) is 0.200. The standard InChI is InChI=1S/C33H25F2N7O2/c1-36-28(43)18-20-7-4-9-22(17-20)39-33-37-15-14-26(40-33)31-30(41-27-13-2-3-16-42(27)31)21-8-5-10-23(19-21)38-32(44)29-24(34)11-6-12-25(29)35/h2-17,19H,18H2,1H3,(H,36,43)(H,38,44)(H,37,39,40). The molecule has 6 rings (SSSR count). The third-order valence-electron chi connectivity index (χ3n) is 6.84. The maximum Gasteiger partial charge on any atom is 0.261 e. The lowest BCUT2D eigenvalue weighted by molar-refractivity contribution is -0.119. The summed E-state index contributed by atoms with van der Waals surface area (Å²) < 4.78 is 30.3. The number of pyridine rings is 1. The minimum absolute atomic E-state index is 0.0939. The summed E-state index contributed by atoms with van der Waals surface area (Å²) in [7, 11) is 1.59. The van der Waals surface area contributed by atoms with Gasteiger partial charge in [-0.1, -0.05) is 36.4 Å². The van der Waals surface area contributed by atoms with Gasteiger partial charge in [0.15, 0.2) is 0 Å². The van der Waals surface area contributed by atoms with Gasteiger partial charge in [0.1, 0.15) is 22.8 Å². The van der Waals surface area contributed by atoms with Crippen LogP contribution in [0.1, 0.15) is 15.9 Å². The van der Waals surface area contributed by atoms with E-state index in [1.54, 1.807) is 37.5 Å². The van der Waals surface area contributed by atoms with Crippen LogP contribution in [0.15, 0.2) is 103 Å². The Bertz CT molecular complexity index is 2010. The van der Waals surface area contributed by atoms with Crippen molar-refractivity contribution >= 4 is 34.8 Å². The molecule has 0 radical (unpaired) electrons. The first-order chi connectivity index (χ1) is 21.4. The molecule has 0 saturated heterocycles. The van der Waals surface area contributed by atoms with Gasteiger partial charge in [-0.25, -0.2) is 23.7 Å². The van der Waals surface area contributed by atoms with Gasteiger partial charge in [0.25, 0.3) is 5.91 Å². The molecule has 11 heteroatoms. The van der Waals surface area contributed by atoms with E-state index < -0.39 is 23.1 Å². The molecule has 0 fully saturated rings. The Morgan fingerprint density at radius 2 is 1.61 bits per heavy atom. The predicted octanol–water partition coefficient (Wildman–Crippen LogP) is 6.02. The van der Waals surface area contributed by atoms with Crippen LogP contribution in [0.4, 0.5) is 26.1 Å². The number of benzene rings is 3. The van der Waals surface area contributed by atoms with E-state index in [-0.39, 0.29) is 12.3 Å². The Morgan fingerprint density at radius 3 is 2.43 bits per heavy atom. The van der Waals surface area contributed by atoms with Crippen molar-refractivity contribution in [3.05, 3.63) is 126 Å². The zero-order valence-electron chi connectivity index (χ0n) is 23.4. The largest absolute Gasteiger partial charge is 0.359 e. The van der Waals surface area contributed by atoms with E-state index in [0.29, 0.717) is 39.9 Å². The van der Waals surface area contributed by atoms with Crippen molar-refractivity contribution in [1.82, 2.24) is 24.7 Å². The summed E-state index contributed by atoms with van der Waals surface area (Å²) in [6, 6.07) is 24.9. The molecule has 218 valence electrons.